The van der Waals surface area contributed by atoms with Gasteiger partial charge >= 0.3 is 0 Å². The summed E-state index contributed by atoms with van der Waals surface area (Å²) in [6, 6.07) is 9.61. The Morgan fingerprint density at radius 2 is 2.06 bits per heavy atom. The Morgan fingerprint density at radius 1 is 1.17 bits per heavy atom. The third-order valence-corrected chi connectivity index (χ3v) is 3.05. The molecule has 0 aliphatic rings. The van der Waals surface area contributed by atoms with Crippen molar-refractivity contribution >= 4 is 22.6 Å². The molecule has 0 bridgehead atoms. The molecule has 2 heterocycles. The second-order valence-corrected chi connectivity index (χ2v) is 4.28. The van der Waals surface area contributed by atoms with Gasteiger partial charge < -0.3 is 14.3 Å². The number of hydrogen-bond acceptors (Lipinski definition) is 4. The standard InChI is InChI=1S/C13H11ClN2O2/c14-13-11(8-15-7-9-5-6-16-18-9)10-3-1-2-4-12(10)17-13/h1-6,15H,7-8H2. The van der Waals surface area contributed by atoms with Gasteiger partial charge in [0.05, 0.1) is 12.7 Å². The van der Waals surface area contributed by atoms with Crippen LogP contribution >= 0.6 is 11.6 Å². The van der Waals surface area contributed by atoms with Gasteiger partial charge in [-0.2, -0.15) is 0 Å². The molecule has 1 aromatic carbocycles. The summed E-state index contributed by atoms with van der Waals surface area (Å²) < 4.78 is 10.5. The molecule has 0 saturated carbocycles. The Bertz CT molecular complexity index is 646. The molecule has 0 spiro atoms. The highest BCUT2D eigenvalue weighted by Crippen LogP contribution is 2.29. The summed E-state index contributed by atoms with van der Waals surface area (Å²) in [5, 5.41) is 8.36. The molecule has 4 nitrogen and oxygen atoms in total. The first-order valence-corrected chi connectivity index (χ1v) is 5.98. The molecule has 0 atom stereocenters. The molecule has 3 rings (SSSR count). The average molecular weight is 263 g/mol. The van der Waals surface area contributed by atoms with Gasteiger partial charge in [0.25, 0.3) is 0 Å². The number of nitrogens with one attached hydrogen (secondary N) is 1. The SMILES string of the molecule is Clc1oc2ccccc2c1CNCc1ccno1. The van der Waals surface area contributed by atoms with E-state index in [2.05, 4.69) is 10.5 Å². The van der Waals surface area contributed by atoms with Crippen molar-refractivity contribution in [1.29, 1.82) is 0 Å². The largest absolute Gasteiger partial charge is 0.444 e. The average Bonchev–Trinajstić information content (AvgIpc) is 2.98. The van der Waals surface area contributed by atoms with E-state index in [9.17, 15) is 0 Å². The molecule has 5 heteroatoms. The first-order valence-electron chi connectivity index (χ1n) is 5.61. The number of rotatable bonds is 4. The van der Waals surface area contributed by atoms with E-state index in [1.807, 2.05) is 30.3 Å². The smallest absolute Gasteiger partial charge is 0.199 e. The van der Waals surface area contributed by atoms with Crippen LogP contribution in [-0.4, -0.2) is 5.16 Å². The highest BCUT2D eigenvalue weighted by atomic mass is 35.5. The Labute approximate surface area is 109 Å². The van der Waals surface area contributed by atoms with Crippen LogP contribution in [0.1, 0.15) is 11.3 Å². The van der Waals surface area contributed by atoms with Crippen molar-refractivity contribution in [3.05, 3.63) is 53.1 Å². The van der Waals surface area contributed by atoms with Gasteiger partial charge in [0.2, 0.25) is 0 Å². The van der Waals surface area contributed by atoms with Gasteiger partial charge in [-0.1, -0.05) is 23.4 Å². The fraction of sp³-hybridized carbons (Fsp3) is 0.154. The van der Waals surface area contributed by atoms with Crippen molar-refractivity contribution in [2.24, 2.45) is 0 Å². The van der Waals surface area contributed by atoms with Crippen LogP contribution in [0.3, 0.4) is 0 Å². The molecule has 18 heavy (non-hydrogen) atoms. The van der Waals surface area contributed by atoms with Gasteiger partial charge in [0.15, 0.2) is 5.22 Å². The zero-order chi connectivity index (χ0) is 12.4. The lowest BCUT2D eigenvalue weighted by Gasteiger charge is -2.00. The number of fused-ring (bicyclic) bond motifs is 1. The highest BCUT2D eigenvalue weighted by Gasteiger charge is 2.11. The highest BCUT2D eigenvalue weighted by molar-refractivity contribution is 6.30. The molecule has 0 fully saturated rings. The van der Waals surface area contributed by atoms with Crippen LogP contribution in [0.15, 0.2) is 45.5 Å². The van der Waals surface area contributed by atoms with Gasteiger partial charge in [-0.3, -0.25) is 0 Å². The molecule has 0 saturated heterocycles. The topological polar surface area (TPSA) is 51.2 Å². The number of furan rings is 1. The third-order valence-electron chi connectivity index (χ3n) is 2.74. The van der Waals surface area contributed by atoms with Crippen molar-refractivity contribution in [3.63, 3.8) is 0 Å². The van der Waals surface area contributed by atoms with Gasteiger partial charge in [-0.15, -0.1) is 0 Å². The van der Waals surface area contributed by atoms with Crippen LogP contribution in [0.4, 0.5) is 0 Å². The van der Waals surface area contributed by atoms with E-state index in [0.29, 0.717) is 18.3 Å². The number of hydrogen-bond donors (Lipinski definition) is 1. The molecule has 2 aromatic heterocycles. The van der Waals surface area contributed by atoms with Crippen LogP contribution in [0, 0.1) is 0 Å². The zero-order valence-corrected chi connectivity index (χ0v) is 10.3. The van der Waals surface area contributed by atoms with E-state index in [0.717, 1.165) is 22.3 Å². The van der Waals surface area contributed by atoms with Crippen LogP contribution in [0.25, 0.3) is 11.0 Å². The summed E-state index contributed by atoms with van der Waals surface area (Å²) in [7, 11) is 0. The lowest BCUT2D eigenvalue weighted by Crippen LogP contribution is -2.12. The molecule has 0 unspecified atom stereocenters. The van der Waals surface area contributed by atoms with Crippen LogP contribution in [0.2, 0.25) is 5.22 Å². The number of benzene rings is 1. The molecule has 0 aliphatic carbocycles. The maximum Gasteiger partial charge on any atom is 0.199 e. The number of nitrogens with zero attached hydrogens (tertiary/aromatic N) is 1. The molecule has 0 amide bonds. The first kappa shape index (κ1) is 11.3. The first-order chi connectivity index (χ1) is 8.84. The molecule has 92 valence electrons. The fourth-order valence-corrected chi connectivity index (χ4v) is 2.13. The summed E-state index contributed by atoms with van der Waals surface area (Å²) >= 11 is 6.09. The number of aromatic nitrogens is 1. The van der Waals surface area contributed by atoms with E-state index in [1.165, 1.54) is 0 Å². The Hall–Kier alpha value is -1.78. The molecule has 0 aliphatic heterocycles. The Morgan fingerprint density at radius 3 is 2.89 bits per heavy atom. The zero-order valence-electron chi connectivity index (χ0n) is 9.52. The van der Waals surface area contributed by atoms with E-state index in [-0.39, 0.29) is 0 Å². The van der Waals surface area contributed by atoms with Gasteiger partial charge in [-0.05, 0) is 17.7 Å². The summed E-state index contributed by atoms with van der Waals surface area (Å²) in [6.45, 7) is 1.23. The summed E-state index contributed by atoms with van der Waals surface area (Å²) in [5.41, 5.74) is 1.77. The van der Waals surface area contributed by atoms with E-state index < -0.39 is 0 Å². The summed E-state index contributed by atoms with van der Waals surface area (Å²) in [4.78, 5) is 0. The van der Waals surface area contributed by atoms with Crippen molar-refractivity contribution in [3.8, 4) is 0 Å². The summed E-state index contributed by atoms with van der Waals surface area (Å²) in [5.74, 6) is 0.791. The fourth-order valence-electron chi connectivity index (χ4n) is 1.88. The minimum atomic E-state index is 0.432. The molecule has 3 aromatic rings. The lowest BCUT2D eigenvalue weighted by atomic mass is 10.2. The predicted octanol–water partition coefficient (Wildman–Crippen LogP) is 3.36. The molecular weight excluding hydrogens is 252 g/mol. The van der Waals surface area contributed by atoms with Crippen molar-refractivity contribution in [2.45, 2.75) is 13.1 Å². The predicted molar refractivity (Wildman–Crippen MR) is 68.3 cm³/mol. The molecule has 0 radical (unpaired) electrons. The molecule has 1 N–H and O–H groups in total. The normalized spacial score (nSPS) is 11.2. The van der Waals surface area contributed by atoms with Gasteiger partial charge in [0, 0.05) is 23.6 Å². The van der Waals surface area contributed by atoms with Gasteiger partial charge in [0.1, 0.15) is 11.3 Å². The molecular formula is C13H11ClN2O2. The van der Waals surface area contributed by atoms with Crippen LogP contribution in [0.5, 0.6) is 0 Å². The van der Waals surface area contributed by atoms with E-state index in [1.54, 1.807) is 6.20 Å². The minimum absolute atomic E-state index is 0.432. The maximum absolute atomic E-state index is 6.09. The Balaban J connectivity index is 1.76. The van der Waals surface area contributed by atoms with Crippen molar-refractivity contribution in [1.82, 2.24) is 10.5 Å². The number of halogens is 1. The van der Waals surface area contributed by atoms with Crippen LogP contribution < -0.4 is 5.32 Å². The van der Waals surface area contributed by atoms with E-state index in [4.69, 9.17) is 20.5 Å². The second kappa shape index (κ2) is 4.84. The van der Waals surface area contributed by atoms with Crippen molar-refractivity contribution in [2.75, 3.05) is 0 Å². The lowest BCUT2D eigenvalue weighted by molar-refractivity contribution is 0.372. The Kier molecular flexibility index (Phi) is 3.04. The van der Waals surface area contributed by atoms with Crippen molar-refractivity contribution < 1.29 is 8.94 Å². The van der Waals surface area contributed by atoms with E-state index >= 15 is 0 Å². The summed E-state index contributed by atoms with van der Waals surface area (Å²) in [6.07, 6.45) is 1.62. The minimum Gasteiger partial charge on any atom is -0.444 e. The maximum atomic E-state index is 6.09. The quantitative estimate of drug-likeness (QED) is 0.783. The van der Waals surface area contributed by atoms with Gasteiger partial charge in [-0.25, -0.2) is 0 Å². The number of para-hydroxylation sites is 1. The second-order valence-electron chi connectivity index (χ2n) is 3.93. The third kappa shape index (κ3) is 2.12. The monoisotopic (exact) mass is 262 g/mol. The van der Waals surface area contributed by atoms with Crippen LogP contribution in [-0.2, 0) is 13.1 Å².